The second-order valence-electron chi connectivity index (χ2n) is 8.47. The van der Waals surface area contributed by atoms with Gasteiger partial charge in [0.1, 0.15) is 16.6 Å². The number of hydrogen-bond acceptors (Lipinski definition) is 7. The summed E-state index contributed by atoms with van der Waals surface area (Å²) in [7, 11) is 0. The monoisotopic (exact) mass is 472 g/mol. The van der Waals surface area contributed by atoms with Crippen molar-refractivity contribution in [3.63, 3.8) is 0 Å². The average Bonchev–Trinajstić information content (AvgIpc) is 3.48. The molecule has 3 atom stereocenters. The number of aromatic nitrogens is 3. The van der Waals surface area contributed by atoms with Gasteiger partial charge >= 0.3 is 0 Å². The molecule has 1 aromatic carbocycles. The standard InChI is InChI=1S/C22H18F2N4O4S/c23-11-5-4-10(13(24)7-11)6-16-25-26-21(33-16)12-8-27-9-17-28(14-2-1-3-15(14)32-17)22(31)18(27)20(30)19(12)29/h4-5,7-8,14-15,17,30H,1-3,6,9H2/t14?,15-,17-/m1/s1. The van der Waals surface area contributed by atoms with E-state index < -0.39 is 34.9 Å². The smallest absolute Gasteiger partial charge is 0.276 e. The van der Waals surface area contributed by atoms with Gasteiger partial charge in [-0.25, -0.2) is 8.78 Å². The molecule has 2 aromatic heterocycles. The zero-order chi connectivity index (χ0) is 22.9. The maximum atomic E-state index is 14.0. The fourth-order valence-corrected chi connectivity index (χ4v) is 5.87. The maximum absolute atomic E-state index is 14.0. The van der Waals surface area contributed by atoms with E-state index in [0.29, 0.717) is 11.6 Å². The van der Waals surface area contributed by atoms with Gasteiger partial charge in [-0.15, -0.1) is 10.2 Å². The normalized spacial score (nSPS) is 23.5. The van der Waals surface area contributed by atoms with E-state index in [0.717, 1.165) is 42.7 Å². The number of ether oxygens (including phenoxy) is 1. The molecular formula is C22H18F2N4O4S. The molecule has 11 heteroatoms. The number of aromatic hydroxyl groups is 1. The van der Waals surface area contributed by atoms with Crippen LogP contribution >= 0.6 is 11.3 Å². The lowest BCUT2D eigenvalue weighted by molar-refractivity contribution is -0.0177. The third-order valence-corrected chi connectivity index (χ3v) is 7.47. The Balaban J connectivity index is 1.34. The van der Waals surface area contributed by atoms with E-state index in [-0.39, 0.29) is 40.4 Å². The van der Waals surface area contributed by atoms with Crippen molar-refractivity contribution < 1.29 is 23.4 Å². The van der Waals surface area contributed by atoms with Crippen LogP contribution in [0.15, 0.2) is 29.2 Å². The molecule has 6 rings (SSSR count). The highest BCUT2D eigenvalue weighted by molar-refractivity contribution is 7.14. The average molecular weight is 472 g/mol. The van der Waals surface area contributed by atoms with Crippen molar-refractivity contribution in [3.8, 4) is 16.3 Å². The van der Waals surface area contributed by atoms with Crippen LogP contribution in [-0.2, 0) is 17.7 Å². The molecular weight excluding hydrogens is 454 g/mol. The van der Waals surface area contributed by atoms with Gasteiger partial charge in [-0.3, -0.25) is 9.59 Å². The van der Waals surface area contributed by atoms with Gasteiger partial charge in [0.05, 0.1) is 24.3 Å². The van der Waals surface area contributed by atoms with Crippen molar-refractivity contribution in [1.29, 1.82) is 0 Å². The first-order chi connectivity index (χ1) is 15.9. The summed E-state index contributed by atoms with van der Waals surface area (Å²) in [6.45, 7) is 0.293. The van der Waals surface area contributed by atoms with Crippen LogP contribution in [0.4, 0.5) is 8.78 Å². The highest BCUT2D eigenvalue weighted by Gasteiger charge is 2.50. The predicted octanol–water partition coefficient (Wildman–Crippen LogP) is 2.67. The Morgan fingerprint density at radius 3 is 2.88 bits per heavy atom. The van der Waals surface area contributed by atoms with Crippen molar-refractivity contribution in [1.82, 2.24) is 19.7 Å². The Labute approximate surface area is 190 Å². The topological polar surface area (TPSA) is 97.5 Å². The molecule has 1 aliphatic carbocycles. The molecule has 8 nitrogen and oxygen atoms in total. The Morgan fingerprint density at radius 1 is 1.21 bits per heavy atom. The molecule has 170 valence electrons. The van der Waals surface area contributed by atoms with E-state index in [2.05, 4.69) is 10.2 Å². The molecule has 0 spiro atoms. The van der Waals surface area contributed by atoms with E-state index in [1.807, 2.05) is 0 Å². The first-order valence-electron chi connectivity index (χ1n) is 10.6. The Kier molecular flexibility index (Phi) is 4.59. The summed E-state index contributed by atoms with van der Waals surface area (Å²) in [6, 6.07) is 3.26. The van der Waals surface area contributed by atoms with E-state index in [4.69, 9.17) is 4.74 Å². The van der Waals surface area contributed by atoms with Gasteiger partial charge in [0.25, 0.3) is 5.91 Å². The van der Waals surface area contributed by atoms with Crippen LogP contribution in [0.2, 0.25) is 0 Å². The summed E-state index contributed by atoms with van der Waals surface area (Å²) in [5, 5.41) is 19.4. The molecule has 0 radical (unpaired) electrons. The van der Waals surface area contributed by atoms with Crippen molar-refractivity contribution in [2.75, 3.05) is 0 Å². The van der Waals surface area contributed by atoms with Crippen molar-refractivity contribution >= 4 is 17.2 Å². The lowest BCUT2D eigenvalue weighted by atomic mass is 10.1. The largest absolute Gasteiger partial charge is 0.503 e. The van der Waals surface area contributed by atoms with Gasteiger partial charge < -0.3 is 19.3 Å². The molecule has 1 amide bonds. The third-order valence-electron chi connectivity index (χ3n) is 6.52. The van der Waals surface area contributed by atoms with Crippen LogP contribution in [0.1, 0.15) is 40.3 Å². The molecule has 3 aromatic rings. The maximum Gasteiger partial charge on any atom is 0.276 e. The first-order valence-corrected chi connectivity index (χ1v) is 11.4. The molecule has 3 aliphatic rings. The van der Waals surface area contributed by atoms with Crippen molar-refractivity contribution in [2.24, 2.45) is 0 Å². The van der Waals surface area contributed by atoms with E-state index in [9.17, 15) is 23.5 Å². The summed E-state index contributed by atoms with van der Waals surface area (Å²) in [4.78, 5) is 27.8. The van der Waals surface area contributed by atoms with Crippen molar-refractivity contribution in [2.45, 2.75) is 50.6 Å². The number of carbonyl (C=O) groups is 1. The van der Waals surface area contributed by atoms with E-state index in [1.165, 1.54) is 16.8 Å². The second kappa shape index (κ2) is 7.42. The third kappa shape index (κ3) is 3.17. The molecule has 33 heavy (non-hydrogen) atoms. The Morgan fingerprint density at radius 2 is 2.06 bits per heavy atom. The number of carbonyl (C=O) groups excluding carboxylic acids is 1. The van der Waals surface area contributed by atoms with Crippen LogP contribution in [0.3, 0.4) is 0 Å². The van der Waals surface area contributed by atoms with E-state index >= 15 is 0 Å². The fourth-order valence-electron chi connectivity index (χ4n) is 5.00. The summed E-state index contributed by atoms with van der Waals surface area (Å²) in [5.41, 5.74) is -0.418. The Bertz CT molecular complexity index is 1360. The van der Waals surface area contributed by atoms with Crippen LogP contribution in [0.5, 0.6) is 5.75 Å². The highest BCUT2D eigenvalue weighted by Crippen LogP contribution is 2.40. The quantitative estimate of drug-likeness (QED) is 0.630. The van der Waals surface area contributed by atoms with Gasteiger partial charge in [-0.2, -0.15) is 0 Å². The molecule has 1 unspecified atom stereocenters. The molecule has 0 bridgehead atoms. The molecule has 2 fully saturated rings. The zero-order valence-corrected chi connectivity index (χ0v) is 18.0. The van der Waals surface area contributed by atoms with Gasteiger partial charge in [-0.05, 0) is 30.9 Å². The highest BCUT2D eigenvalue weighted by atomic mass is 32.1. The molecule has 1 saturated carbocycles. The number of fused-ring (bicyclic) bond motifs is 4. The first kappa shape index (κ1) is 20.4. The number of halogens is 2. The fraction of sp³-hybridized carbons (Fsp3) is 0.364. The molecule has 2 aliphatic heterocycles. The number of pyridine rings is 1. The molecule has 1 N–H and O–H groups in total. The summed E-state index contributed by atoms with van der Waals surface area (Å²) in [6.07, 6.45) is 3.82. The van der Waals surface area contributed by atoms with Gasteiger partial charge in [-0.1, -0.05) is 17.4 Å². The number of amides is 1. The van der Waals surface area contributed by atoms with Crippen LogP contribution in [0.25, 0.3) is 10.6 Å². The van der Waals surface area contributed by atoms with Crippen molar-refractivity contribution in [3.05, 3.63) is 62.5 Å². The second-order valence-corrected chi connectivity index (χ2v) is 9.54. The Hall–Kier alpha value is -3.18. The minimum Gasteiger partial charge on any atom is -0.503 e. The summed E-state index contributed by atoms with van der Waals surface area (Å²) in [5.74, 6) is -2.40. The number of benzene rings is 1. The zero-order valence-electron chi connectivity index (χ0n) is 17.2. The number of rotatable bonds is 3. The van der Waals surface area contributed by atoms with Gasteiger partial charge in [0.2, 0.25) is 5.43 Å². The number of hydrogen-bond donors (Lipinski definition) is 1. The summed E-state index contributed by atoms with van der Waals surface area (Å²) < 4.78 is 34.7. The molecule has 4 heterocycles. The minimum absolute atomic E-state index is 0.0141. The lowest BCUT2D eigenvalue weighted by Crippen LogP contribution is -2.49. The SMILES string of the molecule is O=C1c2c(O)c(=O)c(-c3nnc(Cc4ccc(F)cc4F)s3)cn2C[C@H]2O[C@@H]3CCCC3N12. The molecule has 1 saturated heterocycles. The van der Waals surface area contributed by atoms with Gasteiger partial charge in [0.15, 0.2) is 22.7 Å². The number of nitrogens with zero attached hydrogens (tertiary/aromatic N) is 4. The minimum atomic E-state index is -0.716. The summed E-state index contributed by atoms with van der Waals surface area (Å²) >= 11 is 1.07. The van der Waals surface area contributed by atoms with E-state index in [1.54, 1.807) is 4.90 Å². The van der Waals surface area contributed by atoms with Crippen LogP contribution in [-0.4, -0.2) is 49.1 Å². The van der Waals surface area contributed by atoms with Crippen LogP contribution in [0, 0.1) is 11.6 Å². The van der Waals surface area contributed by atoms with Gasteiger partial charge in [0, 0.05) is 18.7 Å². The van der Waals surface area contributed by atoms with Crippen LogP contribution < -0.4 is 5.43 Å². The lowest BCUT2D eigenvalue weighted by Gasteiger charge is -2.34. The predicted molar refractivity (Wildman–Crippen MR) is 113 cm³/mol.